The first-order valence-electron chi connectivity index (χ1n) is 11.1. The summed E-state index contributed by atoms with van der Waals surface area (Å²) in [6.45, 7) is 1.22. The zero-order chi connectivity index (χ0) is 22.1. The lowest BCUT2D eigenvalue weighted by molar-refractivity contribution is -0.133. The van der Waals surface area contributed by atoms with Crippen molar-refractivity contribution in [3.63, 3.8) is 0 Å². The van der Waals surface area contributed by atoms with E-state index in [2.05, 4.69) is 15.2 Å². The average Bonchev–Trinajstić information content (AvgIpc) is 3.22. The highest BCUT2D eigenvalue weighted by molar-refractivity contribution is 8.01. The van der Waals surface area contributed by atoms with Gasteiger partial charge in [0.05, 0.1) is 35.5 Å². The number of ether oxygens (including phenoxy) is 2. The van der Waals surface area contributed by atoms with Crippen LogP contribution < -0.4 is 5.32 Å². The quantitative estimate of drug-likeness (QED) is 0.384. The number of anilines is 1. The molecule has 1 aromatic rings. The Hall–Kier alpha value is -1.36. The minimum atomic E-state index is -0.866. The number of amides is 2. The Morgan fingerprint density at radius 2 is 1.87 bits per heavy atom. The number of hydrogen-bond donors (Lipinski definition) is 2. The van der Waals surface area contributed by atoms with Gasteiger partial charge in [-0.3, -0.25) is 10.1 Å². The van der Waals surface area contributed by atoms with E-state index in [1.165, 1.54) is 29.5 Å². The Morgan fingerprint density at radius 3 is 2.55 bits per heavy atom. The normalized spacial score (nSPS) is 22.2. The zero-order valence-electron chi connectivity index (χ0n) is 18.1. The van der Waals surface area contributed by atoms with Gasteiger partial charge in [-0.1, -0.05) is 30.6 Å². The van der Waals surface area contributed by atoms with Crippen molar-refractivity contribution in [2.75, 3.05) is 31.4 Å². The zero-order valence-corrected chi connectivity index (χ0v) is 19.7. The van der Waals surface area contributed by atoms with E-state index in [0.717, 1.165) is 55.6 Å². The highest BCUT2D eigenvalue weighted by Crippen LogP contribution is 2.33. The molecule has 0 atom stereocenters. The van der Waals surface area contributed by atoms with E-state index in [0.29, 0.717) is 18.3 Å². The second-order valence-corrected chi connectivity index (χ2v) is 10.4. The molecule has 0 saturated heterocycles. The molecule has 2 saturated carbocycles. The van der Waals surface area contributed by atoms with Gasteiger partial charge in [0.2, 0.25) is 0 Å². The number of rotatable bonds is 10. The number of methoxy groups -OCH3 is 1. The number of thioether (sulfide) groups is 1. The lowest BCUT2D eigenvalue weighted by Crippen LogP contribution is -2.51. The maximum atomic E-state index is 13.3. The molecule has 1 aromatic heterocycles. The third kappa shape index (κ3) is 7.62. The largest absolute Gasteiger partial charge is 0.481 e. The fourth-order valence-corrected chi connectivity index (χ4v) is 6.03. The van der Waals surface area contributed by atoms with E-state index in [-0.39, 0.29) is 30.0 Å². The highest BCUT2D eigenvalue weighted by Gasteiger charge is 2.34. The van der Waals surface area contributed by atoms with Gasteiger partial charge in [-0.15, -0.1) is 11.8 Å². The highest BCUT2D eigenvalue weighted by atomic mass is 32.2. The smallest absolute Gasteiger partial charge is 0.324 e. The summed E-state index contributed by atoms with van der Waals surface area (Å²) in [6.07, 6.45) is 11.3. The molecule has 0 unspecified atom stereocenters. The molecule has 0 spiro atoms. The fourth-order valence-electron chi connectivity index (χ4n) is 4.45. The van der Waals surface area contributed by atoms with Gasteiger partial charge < -0.3 is 19.5 Å². The number of hydrogen-bond acceptors (Lipinski definition) is 7. The van der Waals surface area contributed by atoms with E-state index >= 15 is 0 Å². The molecule has 31 heavy (non-hydrogen) atoms. The van der Waals surface area contributed by atoms with E-state index < -0.39 is 5.97 Å². The predicted molar refractivity (Wildman–Crippen MR) is 122 cm³/mol. The number of urea groups is 1. The maximum absolute atomic E-state index is 13.3. The summed E-state index contributed by atoms with van der Waals surface area (Å²) >= 11 is 2.54. The number of carboxylic acids is 1. The van der Waals surface area contributed by atoms with Crippen LogP contribution in [0.3, 0.4) is 0 Å². The van der Waals surface area contributed by atoms with Crippen molar-refractivity contribution >= 4 is 40.2 Å². The third-order valence-corrected chi connectivity index (χ3v) is 8.01. The molecular weight excluding hydrogens is 438 g/mol. The lowest BCUT2D eigenvalue weighted by atomic mass is 9.88. The van der Waals surface area contributed by atoms with Gasteiger partial charge in [-0.2, -0.15) is 0 Å². The van der Waals surface area contributed by atoms with Crippen LogP contribution in [0.25, 0.3) is 0 Å². The molecule has 0 aliphatic heterocycles. The first-order chi connectivity index (χ1) is 15.1. The summed E-state index contributed by atoms with van der Waals surface area (Å²) in [6, 6.07) is 0.400. The molecule has 2 aliphatic rings. The molecule has 0 radical (unpaired) electrons. The van der Waals surface area contributed by atoms with Crippen molar-refractivity contribution in [2.24, 2.45) is 0 Å². The summed E-state index contributed by atoms with van der Waals surface area (Å²) in [4.78, 5) is 30.4. The Kier molecular flexibility index (Phi) is 9.89. The predicted octanol–water partition coefficient (Wildman–Crippen LogP) is 4.46. The number of aromatic nitrogens is 1. The SMILES string of the molecule is COCCO[C@H]1CC[C@H](N(C(=O)Nc2ncc(SCC(=O)O)s2)C2CCCCC2)CC1. The first kappa shape index (κ1) is 24.3. The van der Waals surface area contributed by atoms with Gasteiger partial charge in [0.1, 0.15) is 0 Å². The van der Waals surface area contributed by atoms with Crippen LogP contribution in [0.1, 0.15) is 57.8 Å². The Labute approximate surface area is 192 Å². The third-order valence-electron chi connectivity index (χ3n) is 5.92. The van der Waals surface area contributed by atoms with Gasteiger partial charge in [0.25, 0.3) is 0 Å². The molecule has 2 aliphatic carbocycles. The second-order valence-electron chi connectivity index (χ2n) is 8.09. The van der Waals surface area contributed by atoms with E-state index in [9.17, 15) is 9.59 Å². The number of aliphatic carboxylic acids is 1. The van der Waals surface area contributed by atoms with Crippen LogP contribution in [0.4, 0.5) is 9.93 Å². The van der Waals surface area contributed by atoms with Crippen molar-refractivity contribution in [2.45, 2.75) is 80.2 Å². The number of nitrogens with zero attached hydrogens (tertiary/aromatic N) is 2. The molecule has 0 bridgehead atoms. The summed E-state index contributed by atoms with van der Waals surface area (Å²) in [7, 11) is 1.68. The molecule has 8 nitrogen and oxygen atoms in total. The minimum absolute atomic E-state index is 0.0144. The first-order valence-corrected chi connectivity index (χ1v) is 12.9. The van der Waals surface area contributed by atoms with Crippen LogP contribution in [-0.2, 0) is 14.3 Å². The van der Waals surface area contributed by atoms with E-state index in [4.69, 9.17) is 14.6 Å². The topological polar surface area (TPSA) is 101 Å². The number of carbonyl (C=O) groups excluding carboxylic acids is 1. The van der Waals surface area contributed by atoms with Crippen molar-refractivity contribution in [3.8, 4) is 0 Å². The average molecular weight is 472 g/mol. The number of nitrogens with one attached hydrogen (secondary N) is 1. The molecule has 174 valence electrons. The summed E-state index contributed by atoms with van der Waals surface area (Å²) in [5, 5.41) is 12.3. The van der Waals surface area contributed by atoms with Gasteiger partial charge in [-0.05, 0) is 38.5 Å². The maximum Gasteiger partial charge on any atom is 0.324 e. The molecule has 3 rings (SSSR count). The van der Waals surface area contributed by atoms with Crippen LogP contribution in [0.5, 0.6) is 0 Å². The number of carbonyl (C=O) groups is 2. The van der Waals surface area contributed by atoms with Crippen molar-refractivity contribution in [1.29, 1.82) is 0 Å². The molecule has 2 fully saturated rings. The molecule has 2 amide bonds. The molecule has 2 N–H and O–H groups in total. The van der Waals surface area contributed by atoms with Crippen molar-refractivity contribution < 1.29 is 24.2 Å². The van der Waals surface area contributed by atoms with Crippen molar-refractivity contribution in [1.82, 2.24) is 9.88 Å². The summed E-state index contributed by atoms with van der Waals surface area (Å²) in [5.74, 6) is -0.881. The van der Waals surface area contributed by atoms with E-state index in [1.807, 2.05) is 0 Å². The molecular formula is C21H33N3O5S2. The van der Waals surface area contributed by atoms with Crippen LogP contribution in [0.15, 0.2) is 10.4 Å². The summed E-state index contributed by atoms with van der Waals surface area (Å²) < 4.78 is 11.8. The van der Waals surface area contributed by atoms with Crippen LogP contribution in [0, 0.1) is 0 Å². The standard InChI is InChI=1S/C21H33N3O5S2/c1-28-11-12-29-17-9-7-16(8-10-17)24(15-5-3-2-4-6-15)21(27)23-20-22-13-19(31-20)30-14-18(25)26/h13,15-17H,2-12,14H2,1H3,(H,25,26)(H,22,23,27)/t16-,17-. The van der Waals surface area contributed by atoms with Crippen LogP contribution >= 0.6 is 23.1 Å². The number of thiazole rings is 1. The van der Waals surface area contributed by atoms with Gasteiger partial charge in [0.15, 0.2) is 5.13 Å². The Bertz CT molecular complexity index is 703. The summed E-state index contributed by atoms with van der Waals surface area (Å²) in [5.41, 5.74) is 0. The Morgan fingerprint density at radius 1 is 1.16 bits per heavy atom. The molecule has 1 heterocycles. The van der Waals surface area contributed by atoms with Gasteiger partial charge in [0, 0.05) is 19.2 Å². The molecule has 10 heteroatoms. The fraction of sp³-hybridized carbons (Fsp3) is 0.762. The van der Waals surface area contributed by atoms with Gasteiger partial charge >= 0.3 is 12.0 Å². The van der Waals surface area contributed by atoms with Gasteiger partial charge in [-0.25, -0.2) is 9.78 Å². The monoisotopic (exact) mass is 471 g/mol. The van der Waals surface area contributed by atoms with Crippen LogP contribution in [0.2, 0.25) is 0 Å². The van der Waals surface area contributed by atoms with E-state index in [1.54, 1.807) is 13.3 Å². The van der Waals surface area contributed by atoms with Crippen LogP contribution in [-0.4, -0.2) is 71.3 Å². The molecule has 0 aromatic carbocycles. The van der Waals surface area contributed by atoms with Crippen molar-refractivity contribution in [3.05, 3.63) is 6.20 Å². The minimum Gasteiger partial charge on any atom is -0.481 e. The Balaban J connectivity index is 1.59. The second kappa shape index (κ2) is 12.6. The lowest BCUT2D eigenvalue weighted by Gasteiger charge is -2.42. The number of carboxylic acid groups (broad SMARTS) is 1.